The number of carboxylic acids is 1. The summed E-state index contributed by atoms with van der Waals surface area (Å²) in [5.41, 5.74) is 9.37. The molecular formula is C13H22N2O2. The van der Waals surface area contributed by atoms with E-state index in [1.54, 1.807) is 0 Å². The van der Waals surface area contributed by atoms with Crippen LogP contribution in [0.2, 0.25) is 0 Å². The molecule has 0 bridgehead atoms. The van der Waals surface area contributed by atoms with Crippen LogP contribution in [0.5, 0.6) is 0 Å². The number of aliphatic carboxylic acids is 1. The number of nitrogens with two attached hydrogens (primary N) is 1. The van der Waals surface area contributed by atoms with E-state index in [2.05, 4.69) is 31.5 Å². The molecule has 0 aromatic carbocycles. The quantitative estimate of drug-likeness (QED) is 0.742. The number of unbranched alkanes of at least 4 members (excludes halogenated alkanes) is 1. The number of aromatic nitrogens is 1. The third kappa shape index (κ3) is 3.60. The van der Waals surface area contributed by atoms with E-state index in [4.69, 9.17) is 10.8 Å². The van der Waals surface area contributed by atoms with Gasteiger partial charge in [-0.3, -0.25) is 4.79 Å². The summed E-state index contributed by atoms with van der Waals surface area (Å²) in [5, 5.41) is 8.65. The normalized spacial score (nSPS) is 12.7. The topological polar surface area (TPSA) is 68.2 Å². The molecule has 0 fully saturated rings. The van der Waals surface area contributed by atoms with Gasteiger partial charge in [0.15, 0.2) is 0 Å². The van der Waals surface area contributed by atoms with Crippen LogP contribution in [-0.2, 0) is 18.3 Å². The second kappa shape index (κ2) is 5.87. The fourth-order valence-electron chi connectivity index (χ4n) is 1.99. The SMILES string of the molecule is Cc1cc(CCCCC(N)C(=O)O)c(C)n1C. The van der Waals surface area contributed by atoms with Crippen LogP contribution in [-0.4, -0.2) is 21.7 Å². The van der Waals surface area contributed by atoms with E-state index < -0.39 is 12.0 Å². The van der Waals surface area contributed by atoms with Crippen LogP contribution in [0.1, 0.15) is 36.2 Å². The summed E-state index contributed by atoms with van der Waals surface area (Å²) in [6, 6.07) is 1.49. The molecule has 1 aromatic heterocycles. The molecule has 1 unspecified atom stereocenters. The maximum atomic E-state index is 10.5. The molecule has 1 rings (SSSR count). The van der Waals surface area contributed by atoms with Gasteiger partial charge in [-0.05, 0) is 44.7 Å². The van der Waals surface area contributed by atoms with Gasteiger partial charge in [0.2, 0.25) is 0 Å². The average molecular weight is 238 g/mol. The summed E-state index contributed by atoms with van der Waals surface area (Å²) >= 11 is 0. The monoisotopic (exact) mass is 238 g/mol. The average Bonchev–Trinajstić information content (AvgIpc) is 2.52. The maximum Gasteiger partial charge on any atom is 0.320 e. The van der Waals surface area contributed by atoms with Crippen molar-refractivity contribution in [2.75, 3.05) is 0 Å². The van der Waals surface area contributed by atoms with E-state index in [1.165, 1.54) is 17.0 Å². The van der Waals surface area contributed by atoms with Gasteiger partial charge in [0.05, 0.1) is 0 Å². The van der Waals surface area contributed by atoms with E-state index in [0.29, 0.717) is 6.42 Å². The van der Waals surface area contributed by atoms with Crippen LogP contribution < -0.4 is 5.73 Å². The summed E-state index contributed by atoms with van der Waals surface area (Å²) in [4.78, 5) is 10.5. The van der Waals surface area contributed by atoms with E-state index in [0.717, 1.165) is 19.3 Å². The van der Waals surface area contributed by atoms with E-state index in [1.807, 2.05) is 0 Å². The second-order valence-corrected chi connectivity index (χ2v) is 4.65. The molecule has 17 heavy (non-hydrogen) atoms. The molecule has 1 atom stereocenters. The molecule has 0 saturated carbocycles. The second-order valence-electron chi connectivity index (χ2n) is 4.65. The number of hydrogen-bond donors (Lipinski definition) is 2. The molecule has 3 N–H and O–H groups in total. The molecule has 0 spiro atoms. The predicted molar refractivity (Wildman–Crippen MR) is 68.1 cm³/mol. The zero-order valence-corrected chi connectivity index (χ0v) is 10.9. The lowest BCUT2D eigenvalue weighted by molar-refractivity contribution is -0.138. The van der Waals surface area contributed by atoms with Crippen LogP contribution >= 0.6 is 0 Å². The standard InChI is InChI=1S/C13H22N2O2/c1-9-8-11(10(2)15(9)3)6-4-5-7-12(14)13(16)17/h8,12H,4-7,14H2,1-3H3,(H,16,17). The Bertz CT molecular complexity index is 396. The van der Waals surface area contributed by atoms with Gasteiger partial charge >= 0.3 is 5.97 Å². The minimum Gasteiger partial charge on any atom is -0.480 e. The van der Waals surface area contributed by atoms with Crippen LogP contribution in [0.15, 0.2) is 6.07 Å². The van der Waals surface area contributed by atoms with Gasteiger partial charge in [-0.15, -0.1) is 0 Å². The van der Waals surface area contributed by atoms with Crippen LogP contribution in [0, 0.1) is 13.8 Å². The highest BCUT2D eigenvalue weighted by Gasteiger charge is 2.11. The fourth-order valence-corrected chi connectivity index (χ4v) is 1.99. The highest BCUT2D eigenvalue weighted by Crippen LogP contribution is 2.16. The molecule has 4 nitrogen and oxygen atoms in total. The Morgan fingerprint density at radius 3 is 2.59 bits per heavy atom. The van der Waals surface area contributed by atoms with Gasteiger partial charge in [-0.2, -0.15) is 0 Å². The molecular weight excluding hydrogens is 216 g/mol. The molecule has 0 aliphatic carbocycles. The lowest BCUT2D eigenvalue weighted by atomic mass is 10.0. The van der Waals surface area contributed by atoms with Gasteiger partial charge in [0.1, 0.15) is 6.04 Å². The first kappa shape index (κ1) is 13.8. The number of rotatable bonds is 6. The van der Waals surface area contributed by atoms with Crippen molar-refractivity contribution in [3.8, 4) is 0 Å². The molecule has 0 amide bonds. The Balaban J connectivity index is 2.36. The Morgan fingerprint density at radius 2 is 2.12 bits per heavy atom. The number of aryl methyl sites for hydroxylation is 2. The van der Waals surface area contributed by atoms with Crippen LogP contribution in [0.25, 0.3) is 0 Å². The summed E-state index contributed by atoms with van der Waals surface area (Å²) in [7, 11) is 2.06. The number of carboxylic acid groups (broad SMARTS) is 1. The number of carbonyl (C=O) groups is 1. The molecule has 0 saturated heterocycles. The molecule has 0 radical (unpaired) electrons. The molecule has 1 heterocycles. The predicted octanol–water partition coefficient (Wildman–Crippen LogP) is 1.77. The van der Waals surface area contributed by atoms with Gasteiger partial charge in [0, 0.05) is 18.4 Å². The molecule has 0 aliphatic rings. The first-order chi connectivity index (χ1) is 7.93. The lowest BCUT2D eigenvalue weighted by Gasteiger charge is -2.06. The molecule has 96 valence electrons. The third-order valence-corrected chi connectivity index (χ3v) is 3.41. The Morgan fingerprint density at radius 1 is 1.47 bits per heavy atom. The number of nitrogens with zero attached hydrogens (tertiary/aromatic N) is 1. The summed E-state index contributed by atoms with van der Waals surface area (Å²) in [6.45, 7) is 4.21. The summed E-state index contributed by atoms with van der Waals surface area (Å²) in [6.07, 6.45) is 3.41. The fraction of sp³-hybridized carbons (Fsp3) is 0.615. The van der Waals surface area contributed by atoms with Gasteiger partial charge < -0.3 is 15.4 Å². The molecule has 4 heteroatoms. The van der Waals surface area contributed by atoms with Crippen molar-refractivity contribution in [1.82, 2.24) is 4.57 Å². The third-order valence-electron chi connectivity index (χ3n) is 3.41. The van der Waals surface area contributed by atoms with E-state index in [-0.39, 0.29) is 0 Å². The van der Waals surface area contributed by atoms with Gasteiger partial charge in [-0.25, -0.2) is 0 Å². The lowest BCUT2D eigenvalue weighted by Crippen LogP contribution is -2.29. The van der Waals surface area contributed by atoms with Crippen molar-refractivity contribution in [3.05, 3.63) is 23.0 Å². The van der Waals surface area contributed by atoms with Crippen molar-refractivity contribution < 1.29 is 9.90 Å². The van der Waals surface area contributed by atoms with Gasteiger partial charge in [-0.1, -0.05) is 6.42 Å². The minimum absolute atomic E-state index is 0.556. The van der Waals surface area contributed by atoms with Crippen LogP contribution in [0.3, 0.4) is 0 Å². The number of hydrogen-bond acceptors (Lipinski definition) is 2. The van der Waals surface area contributed by atoms with E-state index >= 15 is 0 Å². The molecule has 1 aromatic rings. The van der Waals surface area contributed by atoms with Crippen molar-refractivity contribution in [2.45, 2.75) is 45.6 Å². The van der Waals surface area contributed by atoms with Crippen molar-refractivity contribution in [2.24, 2.45) is 12.8 Å². The smallest absolute Gasteiger partial charge is 0.320 e. The van der Waals surface area contributed by atoms with Crippen LogP contribution in [0.4, 0.5) is 0 Å². The van der Waals surface area contributed by atoms with Crippen molar-refractivity contribution in [3.63, 3.8) is 0 Å². The first-order valence-electron chi connectivity index (χ1n) is 6.03. The zero-order valence-electron chi connectivity index (χ0n) is 10.9. The molecule has 0 aliphatic heterocycles. The zero-order chi connectivity index (χ0) is 13.0. The highest BCUT2D eigenvalue weighted by atomic mass is 16.4. The summed E-state index contributed by atoms with van der Waals surface area (Å²) in [5.74, 6) is -0.906. The highest BCUT2D eigenvalue weighted by molar-refractivity contribution is 5.72. The van der Waals surface area contributed by atoms with Crippen molar-refractivity contribution >= 4 is 5.97 Å². The van der Waals surface area contributed by atoms with Crippen molar-refractivity contribution in [1.29, 1.82) is 0 Å². The maximum absolute atomic E-state index is 10.5. The Labute approximate surface area is 102 Å². The minimum atomic E-state index is -0.906. The Kier molecular flexibility index (Phi) is 4.75. The van der Waals surface area contributed by atoms with E-state index in [9.17, 15) is 4.79 Å². The van der Waals surface area contributed by atoms with Gasteiger partial charge in [0.25, 0.3) is 0 Å². The first-order valence-corrected chi connectivity index (χ1v) is 6.03. The Hall–Kier alpha value is -1.29. The largest absolute Gasteiger partial charge is 0.480 e. The summed E-state index contributed by atoms with van der Waals surface area (Å²) < 4.78 is 2.18.